The van der Waals surface area contributed by atoms with Gasteiger partial charge in [-0.15, -0.1) is 0 Å². The Hall–Kier alpha value is -1.81. The Balaban J connectivity index is 2.27. The van der Waals surface area contributed by atoms with Crippen LogP contribution < -0.4 is 0 Å². The van der Waals surface area contributed by atoms with Gasteiger partial charge in [-0.05, 0) is 25.1 Å². The van der Waals surface area contributed by atoms with E-state index in [1.54, 1.807) is 6.07 Å². The van der Waals surface area contributed by atoms with Crippen molar-refractivity contribution in [2.24, 2.45) is 0 Å². The van der Waals surface area contributed by atoms with Crippen molar-refractivity contribution in [2.75, 3.05) is 13.6 Å². The summed E-state index contributed by atoms with van der Waals surface area (Å²) in [6.45, 7) is 5.03. The molecule has 0 saturated heterocycles. The van der Waals surface area contributed by atoms with E-state index in [9.17, 15) is 9.90 Å². The van der Waals surface area contributed by atoms with Crippen molar-refractivity contribution in [3.8, 4) is 0 Å². The SMILES string of the molecule is CCCCn1c2c(c3cccc(C(=O)O)c31)CN(C)CC2. The van der Waals surface area contributed by atoms with Gasteiger partial charge in [0.15, 0.2) is 0 Å². The number of benzene rings is 1. The molecule has 2 aromatic rings. The lowest BCUT2D eigenvalue weighted by Crippen LogP contribution is -2.27. The third-order valence-corrected chi connectivity index (χ3v) is 4.43. The molecule has 0 fully saturated rings. The molecule has 1 aliphatic heterocycles. The molecule has 0 atom stereocenters. The van der Waals surface area contributed by atoms with E-state index in [2.05, 4.69) is 29.5 Å². The highest BCUT2D eigenvalue weighted by Crippen LogP contribution is 2.33. The Morgan fingerprint density at radius 1 is 1.38 bits per heavy atom. The van der Waals surface area contributed by atoms with Gasteiger partial charge in [0.25, 0.3) is 0 Å². The number of aryl methyl sites for hydroxylation is 1. The molecule has 0 aliphatic carbocycles. The number of likely N-dealkylation sites (N-methyl/N-ethyl adjacent to an activating group) is 1. The Morgan fingerprint density at radius 3 is 2.90 bits per heavy atom. The summed E-state index contributed by atoms with van der Waals surface area (Å²) < 4.78 is 2.27. The standard InChI is InChI=1S/C17H22N2O2/c1-3-4-9-19-15-8-10-18(2)11-14(15)12-6-5-7-13(16(12)19)17(20)21/h5-7H,3-4,8-11H2,1-2H3,(H,20,21). The van der Waals surface area contributed by atoms with E-state index in [1.807, 2.05) is 6.07 Å². The fourth-order valence-corrected chi connectivity index (χ4v) is 3.37. The maximum Gasteiger partial charge on any atom is 0.337 e. The van der Waals surface area contributed by atoms with Crippen LogP contribution in [0.15, 0.2) is 18.2 Å². The van der Waals surface area contributed by atoms with Crippen LogP contribution in [-0.4, -0.2) is 34.1 Å². The molecule has 2 heterocycles. The van der Waals surface area contributed by atoms with E-state index in [-0.39, 0.29) is 0 Å². The molecule has 3 rings (SSSR count). The van der Waals surface area contributed by atoms with Crippen LogP contribution in [0.5, 0.6) is 0 Å². The van der Waals surface area contributed by atoms with E-state index in [0.717, 1.165) is 49.8 Å². The van der Waals surface area contributed by atoms with Crippen molar-refractivity contribution in [1.82, 2.24) is 9.47 Å². The van der Waals surface area contributed by atoms with E-state index in [0.29, 0.717) is 5.56 Å². The van der Waals surface area contributed by atoms with Crippen LogP contribution in [0.25, 0.3) is 10.9 Å². The van der Waals surface area contributed by atoms with E-state index in [1.165, 1.54) is 11.3 Å². The summed E-state index contributed by atoms with van der Waals surface area (Å²) >= 11 is 0. The predicted molar refractivity (Wildman–Crippen MR) is 83.8 cm³/mol. The second-order valence-electron chi connectivity index (χ2n) is 5.93. The molecular weight excluding hydrogens is 264 g/mol. The lowest BCUT2D eigenvalue weighted by atomic mass is 10.0. The van der Waals surface area contributed by atoms with Crippen LogP contribution in [0, 0.1) is 0 Å². The number of rotatable bonds is 4. The zero-order valence-corrected chi connectivity index (χ0v) is 12.7. The summed E-state index contributed by atoms with van der Waals surface area (Å²) in [6, 6.07) is 5.66. The normalized spacial score (nSPS) is 15.3. The predicted octanol–water partition coefficient (Wildman–Crippen LogP) is 3.13. The molecule has 1 aliphatic rings. The zero-order valence-electron chi connectivity index (χ0n) is 12.7. The molecule has 21 heavy (non-hydrogen) atoms. The summed E-state index contributed by atoms with van der Waals surface area (Å²) in [4.78, 5) is 13.9. The molecule has 1 aromatic carbocycles. The number of carboxylic acids is 1. The first-order chi connectivity index (χ1) is 10.1. The number of carboxylic acid groups (broad SMARTS) is 1. The molecule has 0 amide bonds. The number of hydrogen-bond acceptors (Lipinski definition) is 2. The molecular formula is C17H22N2O2. The summed E-state index contributed by atoms with van der Waals surface area (Å²) in [5, 5.41) is 10.6. The number of unbranched alkanes of at least 4 members (excludes halogenated alkanes) is 1. The van der Waals surface area contributed by atoms with Gasteiger partial charge in [0.2, 0.25) is 0 Å². The van der Waals surface area contributed by atoms with Gasteiger partial charge in [0.05, 0.1) is 11.1 Å². The van der Waals surface area contributed by atoms with Crippen molar-refractivity contribution in [2.45, 2.75) is 39.3 Å². The fraction of sp³-hybridized carbons (Fsp3) is 0.471. The van der Waals surface area contributed by atoms with Gasteiger partial charge in [-0.25, -0.2) is 4.79 Å². The Kier molecular flexibility index (Phi) is 3.72. The van der Waals surface area contributed by atoms with Crippen LogP contribution in [0.1, 0.15) is 41.4 Å². The van der Waals surface area contributed by atoms with Crippen LogP contribution in [0.2, 0.25) is 0 Å². The van der Waals surface area contributed by atoms with E-state index < -0.39 is 5.97 Å². The van der Waals surface area contributed by atoms with Gasteiger partial charge < -0.3 is 14.6 Å². The molecule has 4 heteroatoms. The maximum atomic E-state index is 11.6. The molecule has 0 spiro atoms. The number of para-hydroxylation sites is 1. The molecule has 0 radical (unpaired) electrons. The Bertz CT molecular complexity index is 688. The van der Waals surface area contributed by atoms with Gasteiger partial charge in [-0.3, -0.25) is 0 Å². The minimum absolute atomic E-state index is 0.431. The number of nitrogens with zero attached hydrogens (tertiary/aromatic N) is 2. The molecule has 1 N–H and O–H groups in total. The number of hydrogen-bond donors (Lipinski definition) is 1. The average molecular weight is 286 g/mol. The largest absolute Gasteiger partial charge is 0.478 e. The van der Waals surface area contributed by atoms with Crippen LogP contribution in [0.4, 0.5) is 0 Å². The van der Waals surface area contributed by atoms with Gasteiger partial charge in [-0.2, -0.15) is 0 Å². The van der Waals surface area contributed by atoms with Crippen LogP contribution in [0.3, 0.4) is 0 Å². The van der Waals surface area contributed by atoms with Crippen molar-refractivity contribution in [1.29, 1.82) is 0 Å². The molecule has 0 saturated carbocycles. The third-order valence-electron chi connectivity index (χ3n) is 4.43. The van der Waals surface area contributed by atoms with Crippen LogP contribution >= 0.6 is 0 Å². The highest BCUT2D eigenvalue weighted by molar-refractivity contribution is 6.04. The molecule has 1 aromatic heterocycles. The van der Waals surface area contributed by atoms with Crippen molar-refractivity contribution >= 4 is 16.9 Å². The number of carbonyl (C=O) groups is 1. The topological polar surface area (TPSA) is 45.5 Å². The van der Waals surface area contributed by atoms with Crippen LogP contribution in [-0.2, 0) is 19.5 Å². The Labute approximate surface area is 125 Å². The van der Waals surface area contributed by atoms with Crippen molar-refractivity contribution in [3.63, 3.8) is 0 Å². The smallest absolute Gasteiger partial charge is 0.337 e. The highest BCUT2D eigenvalue weighted by Gasteiger charge is 2.24. The second-order valence-corrected chi connectivity index (χ2v) is 5.93. The van der Waals surface area contributed by atoms with E-state index >= 15 is 0 Å². The monoisotopic (exact) mass is 286 g/mol. The van der Waals surface area contributed by atoms with Crippen molar-refractivity contribution < 1.29 is 9.90 Å². The molecule has 0 bridgehead atoms. The minimum Gasteiger partial charge on any atom is -0.478 e. The molecule has 0 unspecified atom stereocenters. The summed E-state index contributed by atoms with van der Waals surface area (Å²) in [6.07, 6.45) is 3.20. The minimum atomic E-state index is -0.832. The van der Waals surface area contributed by atoms with E-state index in [4.69, 9.17) is 0 Å². The lowest BCUT2D eigenvalue weighted by Gasteiger charge is -2.24. The fourth-order valence-electron chi connectivity index (χ4n) is 3.37. The number of aromatic nitrogens is 1. The summed E-state index contributed by atoms with van der Waals surface area (Å²) in [5.74, 6) is -0.832. The van der Waals surface area contributed by atoms with Gasteiger partial charge in [-0.1, -0.05) is 25.5 Å². The zero-order chi connectivity index (χ0) is 15.0. The summed E-state index contributed by atoms with van der Waals surface area (Å²) in [5.41, 5.74) is 4.00. The highest BCUT2D eigenvalue weighted by atomic mass is 16.4. The van der Waals surface area contributed by atoms with Gasteiger partial charge in [0, 0.05) is 37.1 Å². The van der Waals surface area contributed by atoms with Crippen molar-refractivity contribution in [3.05, 3.63) is 35.0 Å². The second kappa shape index (κ2) is 5.53. The van der Waals surface area contributed by atoms with Gasteiger partial charge in [0.1, 0.15) is 0 Å². The van der Waals surface area contributed by atoms with Gasteiger partial charge >= 0.3 is 5.97 Å². The first-order valence-electron chi connectivity index (χ1n) is 7.68. The molecule has 4 nitrogen and oxygen atoms in total. The first-order valence-corrected chi connectivity index (χ1v) is 7.68. The lowest BCUT2D eigenvalue weighted by molar-refractivity contribution is 0.0698. The third kappa shape index (κ3) is 2.33. The first kappa shape index (κ1) is 14.1. The number of fused-ring (bicyclic) bond motifs is 3. The quantitative estimate of drug-likeness (QED) is 0.939. The summed E-state index contributed by atoms with van der Waals surface area (Å²) in [7, 11) is 2.12. The Morgan fingerprint density at radius 2 is 2.19 bits per heavy atom. The number of aromatic carboxylic acids is 1. The molecule has 112 valence electrons. The average Bonchev–Trinajstić information content (AvgIpc) is 2.78. The maximum absolute atomic E-state index is 11.6.